The molecule has 0 bridgehead atoms. The van der Waals surface area contributed by atoms with E-state index in [2.05, 4.69) is 0 Å². The molecule has 0 aromatic heterocycles. The topological polar surface area (TPSA) is 151 Å². The van der Waals surface area contributed by atoms with Gasteiger partial charge in [-0.1, -0.05) is 84.9 Å². The summed E-state index contributed by atoms with van der Waals surface area (Å²) in [6.45, 7) is 0.998. The van der Waals surface area contributed by atoms with Gasteiger partial charge in [-0.3, -0.25) is 0 Å². The van der Waals surface area contributed by atoms with Gasteiger partial charge in [0.05, 0.1) is 11.9 Å². The first kappa shape index (κ1) is 33.1. The van der Waals surface area contributed by atoms with Gasteiger partial charge in [0.15, 0.2) is 0 Å². The maximum Gasteiger partial charge on any atom is 2.00 e. The first-order valence-corrected chi connectivity index (χ1v) is 12.7. The van der Waals surface area contributed by atoms with E-state index in [0.29, 0.717) is 13.2 Å². The molecule has 41 heavy (non-hydrogen) atoms. The smallest absolute Gasteiger partial charge is 0.548 e. The minimum Gasteiger partial charge on any atom is -0.548 e. The average molecular weight is 604 g/mol. The van der Waals surface area contributed by atoms with Gasteiger partial charge in [-0.05, 0) is 59.4 Å². The number of rotatable bonds is 12. The molecule has 0 aliphatic heterocycles. The summed E-state index contributed by atoms with van der Waals surface area (Å²) >= 11 is 0. The summed E-state index contributed by atoms with van der Waals surface area (Å²) in [7, 11) is 0. The van der Waals surface area contributed by atoms with Crippen molar-refractivity contribution < 1.29 is 46.3 Å². The second-order valence-corrected chi connectivity index (χ2v) is 9.10. The molecule has 0 fully saturated rings. The van der Waals surface area contributed by atoms with Crippen LogP contribution < -0.4 is 31.2 Å². The van der Waals surface area contributed by atoms with Gasteiger partial charge in [-0.15, -0.1) is 0 Å². The molecule has 0 spiro atoms. The zero-order chi connectivity index (χ0) is 28.7. The molecule has 4 rings (SSSR count). The van der Waals surface area contributed by atoms with E-state index >= 15 is 0 Å². The Morgan fingerprint density at radius 2 is 0.854 bits per heavy atom. The number of aliphatic carboxylic acids is 2. The summed E-state index contributed by atoms with van der Waals surface area (Å²) < 4.78 is 11.3. The van der Waals surface area contributed by atoms with Crippen LogP contribution >= 0.6 is 0 Å². The van der Waals surface area contributed by atoms with Crippen LogP contribution in [0.2, 0.25) is 0 Å². The van der Waals surface area contributed by atoms with E-state index in [9.17, 15) is 19.8 Å². The molecule has 0 unspecified atom stereocenters. The number of hydrogen-bond donors (Lipinski definition) is 2. The summed E-state index contributed by atoms with van der Waals surface area (Å²) in [5, 5.41) is 21.1. The molecule has 0 saturated carbocycles. The molecule has 8 nitrogen and oxygen atoms in total. The Labute approximate surface area is 250 Å². The molecule has 0 heterocycles. The third-order valence-corrected chi connectivity index (χ3v) is 5.86. The molecule has 4 N–H and O–H groups in total. The number of benzene rings is 4. The minimum absolute atomic E-state index is 0. The standard InChI is InChI=1S/2C16H17NO3.Cu/c2*17-15(16(18)19)10-12-6-8-14(9-7-12)20-11-13-4-2-1-3-5-13;/h2*1-9,15H,10-11,17H2,(H,18,19);/q;;+2/p-2/t2*15-;/m00./s1. The van der Waals surface area contributed by atoms with Crippen LogP contribution in [0.4, 0.5) is 0 Å². The molecule has 217 valence electrons. The summed E-state index contributed by atoms with van der Waals surface area (Å²) in [5.74, 6) is -1.01. The third-order valence-electron chi connectivity index (χ3n) is 5.86. The zero-order valence-corrected chi connectivity index (χ0v) is 23.2. The van der Waals surface area contributed by atoms with Crippen LogP contribution in [0.25, 0.3) is 0 Å². The van der Waals surface area contributed by atoms with Crippen LogP contribution in [0.15, 0.2) is 109 Å². The second kappa shape index (κ2) is 17.5. The van der Waals surface area contributed by atoms with Crippen LogP contribution in [0.1, 0.15) is 22.3 Å². The fourth-order valence-corrected chi connectivity index (χ4v) is 3.60. The van der Waals surface area contributed by atoms with Crippen molar-refractivity contribution in [3.63, 3.8) is 0 Å². The fraction of sp³-hybridized carbons (Fsp3) is 0.188. The molecule has 2 atom stereocenters. The van der Waals surface area contributed by atoms with Gasteiger partial charge in [0, 0.05) is 12.1 Å². The van der Waals surface area contributed by atoms with E-state index in [0.717, 1.165) is 33.8 Å². The zero-order valence-electron chi connectivity index (χ0n) is 22.3. The Morgan fingerprint density at radius 1 is 0.537 bits per heavy atom. The molecule has 4 aromatic rings. The Morgan fingerprint density at radius 3 is 1.15 bits per heavy atom. The van der Waals surface area contributed by atoms with Crippen molar-refractivity contribution in [3.05, 3.63) is 131 Å². The van der Waals surface area contributed by atoms with Gasteiger partial charge in [0.25, 0.3) is 0 Å². The summed E-state index contributed by atoms with van der Waals surface area (Å²) in [6.07, 6.45) is 0.503. The molecular weight excluding hydrogens is 572 g/mol. The molecule has 1 radical (unpaired) electrons. The maximum absolute atomic E-state index is 10.6. The summed E-state index contributed by atoms with van der Waals surface area (Å²) in [6, 6.07) is 32.2. The largest absolute Gasteiger partial charge is 2.00 e. The van der Waals surface area contributed by atoms with E-state index in [1.807, 2.05) is 84.9 Å². The number of ether oxygens (including phenoxy) is 2. The predicted molar refractivity (Wildman–Crippen MR) is 148 cm³/mol. The van der Waals surface area contributed by atoms with Crippen molar-refractivity contribution in [2.75, 3.05) is 0 Å². The van der Waals surface area contributed by atoms with Crippen molar-refractivity contribution >= 4 is 11.9 Å². The summed E-state index contributed by atoms with van der Waals surface area (Å²) in [5.41, 5.74) is 14.7. The number of carboxylic acids is 2. The van der Waals surface area contributed by atoms with Gasteiger partial charge in [0.1, 0.15) is 24.7 Å². The maximum atomic E-state index is 10.6. The van der Waals surface area contributed by atoms with Crippen molar-refractivity contribution in [2.45, 2.75) is 38.1 Å². The van der Waals surface area contributed by atoms with E-state index in [1.165, 1.54) is 0 Å². The molecule has 0 aliphatic carbocycles. The molecule has 4 aromatic carbocycles. The van der Waals surface area contributed by atoms with E-state index in [1.54, 1.807) is 24.3 Å². The number of carbonyl (C=O) groups excluding carboxylic acids is 2. The second-order valence-electron chi connectivity index (χ2n) is 9.10. The number of hydrogen-bond acceptors (Lipinski definition) is 8. The number of carboxylic acid groups (broad SMARTS) is 2. The van der Waals surface area contributed by atoms with E-state index < -0.39 is 24.0 Å². The molecule has 0 aliphatic rings. The monoisotopic (exact) mass is 603 g/mol. The van der Waals surface area contributed by atoms with Gasteiger partial charge < -0.3 is 40.7 Å². The summed E-state index contributed by atoms with van der Waals surface area (Å²) in [4.78, 5) is 21.1. The number of carbonyl (C=O) groups is 2. The Kier molecular flexibility index (Phi) is 14.1. The number of nitrogens with two attached hydrogens (primary N) is 2. The van der Waals surface area contributed by atoms with Gasteiger partial charge >= 0.3 is 17.1 Å². The Bertz CT molecular complexity index is 1220. The van der Waals surface area contributed by atoms with Crippen molar-refractivity contribution in [2.24, 2.45) is 11.5 Å². The van der Waals surface area contributed by atoms with Crippen molar-refractivity contribution in [3.8, 4) is 11.5 Å². The van der Waals surface area contributed by atoms with Crippen molar-refractivity contribution in [1.29, 1.82) is 0 Å². The Balaban J connectivity index is 0.000000280. The fourth-order valence-electron chi connectivity index (χ4n) is 3.60. The van der Waals surface area contributed by atoms with Crippen molar-refractivity contribution in [1.82, 2.24) is 0 Å². The van der Waals surface area contributed by atoms with Crippen LogP contribution in [-0.2, 0) is 52.7 Å². The van der Waals surface area contributed by atoms with E-state index in [4.69, 9.17) is 20.9 Å². The van der Waals surface area contributed by atoms with Crippen LogP contribution in [0.5, 0.6) is 11.5 Å². The molecular formula is C32H32CuN2O6. The van der Waals surface area contributed by atoms with Crippen LogP contribution in [0, 0.1) is 0 Å². The first-order valence-electron chi connectivity index (χ1n) is 12.7. The Hall–Kier alpha value is -4.14. The van der Waals surface area contributed by atoms with Gasteiger partial charge in [-0.25, -0.2) is 0 Å². The first-order chi connectivity index (χ1) is 19.3. The molecule has 0 saturated heterocycles. The minimum atomic E-state index is -1.24. The van der Waals surface area contributed by atoms with Crippen LogP contribution in [-0.4, -0.2) is 24.0 Å². The average Bonchev–Trinajstić information content (AvgIpc) is 2.98. The SMILES string of the molecule is N[C@@H](Cc1ccc(OCc2ccccc2)cc1)C(=O)[O-].N[C@@H](Cc1ccc(OCc2ccccc2)cc1)C(=O)[O-].[Cu+2]. The van der Waals surface area contributed by atoms with E-state index in [-0.39, 0.29) is 29.9 Å². The normalized spacial score (nSPS) is 11.6. The molecule has 9 heteroatoms. The van der Waals surface area contributed by atoms with Gasteiger partial charge in [-0.2, -0.15) is 0 Å². The van der Waals surface area contributed by atoms with Crippen LogP contribution in [0.3, 0.4) is 0 Å². The molecule has 0 amide bonds. The third kappa shape index (κ3) is 12.3. The van der Waals surface area contributed by atoms with Gasteiger partial charge in [0.2, 0.25) is 0 Å². The predicted octanol–water partition coefficient (Wildman–Crippen LogP) is 1.77. The quantitative estimate of drug-likeness (QED) is 0.233.